The number of nitrogens with zero attached hydrogens (tertiary/aromatic N) is 1. The van der Waals surface area contributed by atoms with Gasteiger partial charge >= 0.3 is 0 Å². The minimum atomic E-state index is 0.704. The van der Waals surface area contributed by atoms with Crippen LogP contribution in [-0.2, 0) is 0 Å². The molecule has 46 valence electrons. The quantitative estimate of drug-likeness (QED) is 0.460. The molecule has 1 heterocycles. The van der Waals surface area contributed by atoms with Crippen LogP contribution in [0.5, 0.6) is 0 Å². The highest BCUT2D eigenvalue weighted by Gasteiger charge is 2.20. The van der Waals surface area contributed by atoms with Crippen molar-refractivity contribution in [2.45, 2.75) is 13.3 Å². The zero-order valence-corrected chi connectivity index (χ0v) is 5.56. The van der Waals surface area contributed by atoms with E-state index in [0.717, 1.165) is 0 Å². The van der Waals surface area contributed by atoms with Gasteiger partial charge in [0.2, 0.25) is 0 Å². The Morgan fingerprint density at radius 1 is 1.75 bits per heavy atom. The summed E-state index contributed by atoms with van der Waals surface area (Å²) in [5.41, 5.74) is 0. The maximum atomic E-state index is 3.99. The molecule has 0 saturated carbocycles. The van der Waals surface area contributed by atoms with E-state index in [1.807, 2.05) is 0 Å². The van der Waals surface area contributed by atoms with Crippen LogP contribution in [0.25, 0.3) is 0 Å². The fraction of sp³-hybridized carbons (Fsp3) is 0.857. The summed E-state index contributed by atoms with van der Waals surface area (Å²) >= 11 is 0. The number of hydrogen-bond acceptors (Lipinski definition) is 1. The minimum absolute atomic E-state index is 0.704. The molecule has 1 nitrogen and oxygen atoms in total. The van der Waals surface area contributed by atoms with Crippen molar-refractivity contribution in [3.8, 4) is 0 Å². The highest BCUT2D eigenvalue weighted by Crippen LogP contribution is 2.12. The SMILES string of the molecule is [CH2+]C1CCN(CC)C1. The van der Waals surface area contributed by atoms with E-state index in [9.17, 15) is 0 Å². The van der Waals surface area contributed by atoms with Crippen molar-refractivity contribution < 1.29 is 0 Å². The molecule has 1 fully saturated rings. The van der Waals surface area contributed by atoms with E-state index in [1.165, 1.54) is 26.1 Å². The predicted molar refractivity (Wildman–Crippen MR) is 35.6 cm³/mol. The van der Waals surface area contributed by atoms with E-state index < -0.39 is 0 Å². The number of rotatable bonds is 1. The van der Waals surface area contributed by atoms with Gasteiger partial charge < -0.3 is 0 Å². The fourth-order valence-electron chi connectivity index (χ4n) is 1.20. The molecule has 0 aromatic heterocycles. The second kappa shape index (κ2) is 2.40. The highest BCUT2D eigenvalue weighted by molar-refractivity contribution is 4.75. The summed E-state index contributed by atoms with van der Waals surface area (Å²) in [6.07, 6.45) is 1.30. The molecule has 1 aliphatic rings. The molecule has 1 aliphatic heterocycles. The highest BCUT2D eigenvalue weighted by atomic mass is 15.1. The lowest BCUT2D eigenvalue weighted by Gasteiger charge is -2.08. The average molecular weight is 112 g/mol. The van der Waals surface area contributed by atoms with E-state index >= 15 is 0 Å². The lowest BCUT2D eigenvalue weighted by atomic mass is 10.2. The Morgan fingerprint density at radius 3 is 2.75 bits per heavy atom. The van der Waals surface area contributed by atoms with Gasteiger partial charge in [-0.3, -0.25) is 4.90 Å². The van der Waals surface area contributed by atoms with Crippen LogP contribution in [0.2, 0.25) is 0 Å². The first kappa shape index (κ1) is 5.96. The summed E-state index contributed by atoms with van der Waals surface area (Å²) in [5, 5.41) is 0. The van der Waals surface area contributed by atoms with Gasteiger partial charge in [-0.1, -0.05) is 6.92 Å². The summed E-state index contributed by atoms with van der Waals surface area (Å²) in [6.45, 7) is 9.89. The predicted octanol–water partition coefficient (Wildman–Crippen LogP) is 1.16. The molecule has 0 bridgehead atoms. The Morgan fingerprint density at radius 2 is 2.50 bits per heavy atom. The summed E-state index contributed by atoms with van der Waals surface area (Å²) in [6, 6.07) is 0. The molecule has 0 amide bonds. The Balaban J connectivity index is 2.22. The monoisotopic (exact) mass is 112 g/mol. The molecule has 0 N–H and O–H groups in total. The van der Waals surface area contributed by atoms with Gasteiger partial charge in [0.05, 0.1) is 6.92 Å². The van der Waals surface area contributed by atoms with E-state index in [2.05, 4.69) is 18.7 Å². The molecule has 1 rings (SSSR count). The van der Waals surface area contributed by atoms with Crippen molar-refractivity contribution in [2.24, 2.45) is 5.92 Å². The van der Waals surface area contributed by atoms with Crippen LogP contribution < -0.4 is 0 Å². The molecule has 0 aliphatic carbocycles. The lowest BCUT2D eigenvalue weighted by Crippen LogP contribution is -2.18. The van der Waals surface area contributed by atoms with Gasteiger partial charge in [-0.25, -0.2) is 0 Å². The first-order valence-corrected chi connectivity index (χ1v) is 3.38. The van der Waals surface area contributed by atoms with Crippen molar-refractivity contribution in [3.05, 3.63) is 6.92 Å². The van der Waals surface area contributed by atoms with Gasteiger partial charge in [0.15, 0.2) is 0 Å². The third-order valence-corrected chi connectivity index (χ3v) is 1.82. The molecule has 1 unspecified atom stereocenters. The Hall–Kier alpha value is -0.170. The third-order valence-electron chi connectivity index (χ3n) is 1.82. The van der Waals surface area contributed by atoms with Crippen LogP contribution in [0.15, 0.2) is 0 Å². The molecule has 1 heteroatoms. The number of hydrogen-bond donors (Lipinski definition) is 0. The third kappa shape index (κ3) is 1.16. The second-order valence-corrected chi connectivity index (χ2v) is 2.55. The first-order valence-electron chi connectivity index (χ1n) is 3.38. The molecule has 8 heavy (non-hydrogen) atoms. The maximum absolute atomic E-state index is 3.99. The van der Waals surface area contributed by atoms with E-state index in [-0.39, 0.29) is 0 Å². The summed E-state index contributed by atoms with van der Waals surface area (Å²) in [7, 11) is 0. The van der Waals surface area contributed by atoms with Crippen molar-refractivity contribution in [2.75, 3.05) is 19.6 Å². The van der Waals surface area contributed by atoms with Gasteiger partial charge in [-0.2, -0.15) is 0 Å². The largest absolute Gasteiger partial charge is 0.299 e. The maximum Gasteiger partial charge on any atom is 0.109 e. The Bertz CT molecular complexity index is 70.8. The molecule has 0 radical (unpaired) electrons. The zero-order chi connectivity index (χ0) is 5.98. The van der Waals surface area contributed by atoms with Gasteiger partial charge in [-0.15, -0.1) is 0 Å². The molecule has 1 atom stereocenters. The fourth-order valence-corrected chi connectivity index (χ4v) is 1.20. The van der Waals surface area contributed by atoms with Gasteiger partial charge in [0.1, 0.15) is 5.92 Å². The smallest absolute Gasteiger partial charge is 0.109 e. The van der Waals surface area contributed by atoms with E-state index in [0.29, 0.717) is 5.92 Å². The van der Waals surface area contributed by atoms with Gasteiger partial charge in [0, 0.05) is 19.5 Å². The van der Waals surface area contributed by atoms with E-state index in [4.69, 9.17) is 0 Å². The normalized spacial score (nSPS) is 31.4. The number of likely N-dealkylation sites (tertiary alicyclic amines) is 1. The Kier molecular flexibility index (Phi) is 1.79. The van der Waals surface area contributed by atoms with Crippen LogP contribution in [0, 0.1) is 12.8 Å². The molecule has 0 aromatic rings. The molecule has 1 saturated heterocycles. The molecule has 0 spiro atoms. The molecular formula is C7H14N+. The Labute approximate surface area is 51.7 Å². The van der Waals surface area contributed by atoms with Crippen LogP contribution in [0.4, 0.5) is 0 Å². The standard InChI is InChI=1S/C7H14N/c1-3-8-5-4-7(2)6-8/h7H,2-6H2,1H3/q+1. The van der Waals surface area contributed by atoms with Crippen molar-refractivity contribution in [3.63, 3.8) is 0 Å². The average Bonchev–Trinajstić information content (AvgIpc) is 2.14. The van der Waals surface area contributed by atoms with Gasteiger partial charge in [0.25, 0.3) is 0 Å². The van der Waals surface area contributed by atoms with Crippen LogP contribution in [0.3, 0.4) is 0 Å². The lowest BCUT2D eigenvalue weighted by molar-refractivity contribution is 0.351. The summed E-state index contributed by atoms with van der Waals surface area (Å²) in [4.78, 5) is 2.44. The minimum Gasteiger partial charge on any atom is -0.299 e. The van der Waals surface area contributed by atoms with Crippen molar-refractivity contribution in [1.82, 2.24) is 4.90 Å². The van der Waals surface area contributed by atoms with Gasteiger partial charge in [-0.05, 0) is 6.54 Å². The summed E-state index contributed by atoms with van der Waals surface area (Å²) in [5.74, 6) is 0.704. The second-order valence-electron chi connectivity index (χ2n) is 2.55. The summed E-state index contributed by atoms with van der Waals surface area (Å²) < 4.78 is 0. The molecule has 0 aromatic carbocycles. The topological polar surface area (TPSA) is 3.24 Å². The molecular weight excluding hydrogens is 98.1 g/mol. The van der Waals surface area contributed by atoms with Crippen LogP contribution in [0.1, 0.15) is 13.3 Å². The first-order chi connectivity index (χ1) is 3.83. The van der Waals surface area contributed by atoms with Crippen LogP contribution in [-0.4, -0.2) is 24.5 Å². The zero-order valence-electron chi connectivity index (χ0n) is 5.56. The van der Waals surface area contributed by atoms with E-state index in [1.54, 1.807) is 0 Å². The van der Waals surface area contributed by atoms with Crippen molar-refractivity contribution in [1.29, 1.82) is 0 Å². The van der Waals surface area contributed by atoms with Crippen molar-refractivity contribution >= 4 is 0 Å². The van der Waals surface area contributed by atoms with Crippen LogP contribution >= 0.6 is 0 Å².